The van der Waals surface area contributed by atoms with Gasteiger partial charge in [-0.2, -0.15) is 0 Å². The van der Waals surface area contributed by atoms with Gasteiger partial charge in [0, 0.05) is 29.7 Å². The summed E-state index contributed by atoms with van der Waals surface area (Å²) in [5.74, 6) is 1.82. The first-order chi connectivity index (χ1) is 16.6. The zero-order valence-electron chi connectivity index (χ0n) is 21.9. The highest BCUT2D eigenvalue weighted by molar-refractivity contribution is 6.01. The molecule has 0 unspecified atom stereocenters. The van der Waals surface area contributed by atoms with Gasteiger partial charge in [-0.3, -0.25) is 9.59 Å². The van der Waals surface area contributed by atoms with Crippen molar-refractivity contribution >= 4 is 17.7 Å². The van der Waals surface area contributed by atoms with E-state index in [1.165, 1.54) is 12.5 Å². The van der Waals surface area contributed by atoms with Gasteiger partial charge in [-0.15, -0.1) is 0 Å². The maximum Gasteiger partial charge on any atom is 0.333 e. The van der Waals surface area contributed by atoms with E-state index in [0.29, 0.717) is 30.3 Å². The van der Waals surface area contributed by atoms with Crippen LogP contribution < -0.4 is 0 Å². The summed E-state index contributed by atoms with van der Waals surface area (Å²) in [6.07, 6.45) is 12.9. The lowest BCUT2D eigenvalue weighted by molar-refractivity contribution is -0.159. The van der Waals surface area contributed by atoms with Gasteiger partial charge in [0.15, 0.2) is 5.78 Å². The Kier molecular flexibility index (Phi) is 6.12. The zero-order valence-corrected chi connectivity index (χ0v) is 21.9. The molecule has 3 saturated carbocycles. The van der Waals surface area contributed by atoms with Crippen LogP contribution in [0.1, 0.15) is 79.6 Å². The largest absolute Gasteiger partial charge is 0.465 e. The van der Waals surface area contributed by atoms with Crippen LogP contribution >= 0.6 is 0 Å². The third-order valence-corrected chi connectivity index (χ3v) is 10.8. The van der Waals surface area contributed by atoms with Crippen LogP contribution in [0.2, 0.25) is 0 Å². The van der Waals surface area contributed by atoms with Crippen molar-refractivity contribution in [2.24, 2.45) is 40.4 Å². The molecule has 5 rings (SSSR count). The summed E-state index contributed by atoms with van der Waals surface area (Å²) in [4.78, 5) is 36.6. The van der Waals surface area contributed by atoms with Gasteiger partial charge in [-0.25, -0.2) is 4.79 Å². The number of ketones is 1. The fraction of sp³-hybridized carbons (Fsp3) is 0.700. The molecule has 5 heteroatoms. The van der Waals surface area contributed by atoms with Crippen molar-refractivity contribution in [2.75, 3.05) is 6.61 Å². The molecule has 0 saturated heterocycles. The van der Waals surface area contributed by atoms with Gasteiger partial charge in [0.1, 0.15) is 6.10 Å². The average molecular weight is 481 g/mol. The minimum atomic E-state index is -0.216. The number of allylic oxidation sites excluding steroid dienone is 4. The van der Waals surface area contributed by atoms with Crippen molar-refractivity contribution < 1.29 is 23.9 Å². The molecule has 0 aromatic heterocycles. The van der Waals surface area contributed by atoms with Crippen LogP contribution in [0.3, 0.4) is 0 Å². The number of carbonyl (C=O) groups excluding carboxylic acids is 3. The van der Waals surface area contributed by atoms with Gasteiger partial charge in [0.25, 0.3) is 0 Å². The molecule has 0 N–H and O–H groups in total. The summed E-state index contributed by atoms with van der Waals surface area (Å²) < 4.78 is 11.8. The molecule has 5 nitrogen and oxygen atoms in total. The van der Waals surface area contributed by atoms with E-state index in [1.54, 1.807) is 6.08 Å². The van der Waals surface area contributed by atoms with Crippen LogP contribution in [0, 0.1) is 40.4 Å². The number of fused-ring (bicyclic) bond motifs is 5. The maximum absolute atomic E-state index is 12.5. The standard InChI is InChI=1S/C30H40O5/c1-17-14-27(35-28(33)18(17)2)19(3)24-8-9-26-23-7-6-21-15-22(32)10-12-29(21,5)25(23)11-13-30(24,26)16-34-20(4)31/h10,12,15,19,23-27H,6-9,11,13-14,16H2,1-5H3/t19-,23+,24+,25-,26-,27+,29-,30-/m0/s1. The Bertz CT molecular complexity index is 1030. The molecule has 5 aliphatic rings. The Morgan fingerprint density at radius 2 is 1.94 bits per heavy atom. The Hall–Kier alpha value is -2.17. The number of ether oxygens (including phenoxy) is 2. The maximum atomic E-state index is 12.5. The lowest BCUT2D eigenvalue weighted by atomic mass is 9.47. The van der Waals surface area contributed by atoms with E-state index in [4.69, 9.17) is 9.47 Å². The van der Waals surface area contributed by atoms with Gasteiger partial charge in [0.2, 0.25) is 0 Å². The molecule has 8 atom stereocenters. The predicted octanol–water partition coefficient (Wildman–Crippen LogP) is 5.74. The zero-order chi connectivity index (χ0) is 25.1. The normalized spacial score (nSPS) is 41.4. The number of esters is 2. The topological polar surface area (TPSA) is 69.7 Å². The monoisotopic (exact) mass is 480 g/mol. The lowest BCUT2D eigenvalue weighted by Crippen LogP contribution is -2.53. The minimum Gasteiger partial charge on any atom is -0.465 e. The fourth-order valence-electron chi connectivity index (χ4n) is 8.81. The van der Waals surface area contributed by atoms with E-state index in [1.807, 2.05) is 19.9 Å². The highest BCUT2D eigenvalue weighted by Crippen LogP contribution is 2.67. The van der Waals surface area contributed by atoms with Gasteiger partial charge >= 0.3 is 11.9 Å². The molecule has 0 amide bonds. The Labute approximate surface area is 209 Å². The molecular weight excluding hydrogens is 440 g/mol. The Morgan fingerprint density at radius 3 is 2.66 bits per heavy atom. The van der Waals surface area contributed by atoms with E-state index in [9.17, 15) is 14.4 Å². The van der Waals surface area contributed by atoms with Crippen molar-refractivity contribution in [3.63, 3.8) is 0 Å². The summed E-state index contributed by atoms with van der Waals surface area (Å²) in [6.45, 7) is 10.4. The molecule has 0 aromatic carbocycles. The molecule has 35 heavy (non-hydrogen) atoms. The van der Waals surface area contributed by atoms with Crippen LogP contribution in [-0.2, 0) is 23.9 Å². The van der Waals surface area contributed by atoms with Crippen molar-refractivity contribution in [2.45, 2.75) is 85.7 Å². The van der Waals surface area contributed by atoms with Gasteiger partial charge < -0.3 is 9.47 Å². The number of rotatable bonds is 4. The van der Waals surface area contributed by atoms with Crippen LogP contribution in [-0.4, -0.2) is 30.4 Å². The second-order valence-corrected chi connectivity index (χ2v) is 12.3. The molecule has 3 fully saturated rings. The number of cyclic esters (lactones) is 1. The highest BCUT2D eigenvalue weighted by atomic mass is 16.5. The van der Waals surface area contributed by atoms with E-state index < -0.39 is 0 Å². The summed E-state index contributed by atoms with van der Waals surface area (Å²) in [5.41, 5.74) is 3.05. The molecule has 0 spiro atoms. The van der Waals surface area contributed by atoms with E-state index in [-0.39, 0.29) is 40.6 Å². The predicted molar refractivity (Wildman–Crippen MR) is 133 cm³/mol. The Balaban J connectivity index is 1.45. The molecule has 4 aliphatic carbocycles. The van der Waals surface area contributed by atoms with E-state index in [2.05, 4.69) is 19.9 Å². The second kappa shape index (κ2) is 8.74. The van der Waals surface area contributed by atoms with Crippen molar-refractivity contribution in [3.8, 4) is 0 Å². The van der Waals surface area contributed by atoms with Crippen LogP contribution in [0.25, 0.3) is 0 Å². The SMILES string of the molecule is CC(=O)OC[C@]12CC[C@H]3[C@@H](CCC4=CC(=O)C=C[C@@]43C)[C@@H]1CC[C@@H]2[C@H](C)[C@H]1CC(C)=C(C)C(=O)O1. The van der Waals surface area contributed by atoms with Crippen LogP contribution in [0.4, 0.5) is 0 Å². The van der Waals surface area contributed by atoms with E-state index in [0.717, 1.165) is 56.1 Å². The van der Waals surface area contributed by atoms with Crippen molar-refractivity contribution in [1.82, 2.24) is 0 Å². The molecule has 0 radical (unpaired) electrons. The third-order valence-electron chi connectivity index (χ3n) is 10.8. The number of hydrogen-bond acceptors (Lipinski definition) is 5. The van der Waals surface area contributed by atoms with Crippen LogP contribution in [0.15, 0.2) is 34.9 Å². The average Bonchev–Trinajstić information content (AvgIpc) is 3.20. The molecule has 0 aromatic rings. The van der Waals surface area contributed by atoms with Gasteiger partial charge in [-0.1, -0.05) is 31.1 Å². The first-order valence-corrected chi connectivity index (χ1v) is 13.5. The summed E-state index contributed by atoms with van der Waals surface area (Å²) in [5, 5.41) is 0. The summed E-state index contributed by atoms with van der Waals surface area (Å²) >= 11 is 0. The summed E-state index contributed by atoms with van der Waals surface area (Å²) in [7, 11) is 0. The number of carbonyl (C=O) groups is 3. The fourth-order valence-corrected chi connectivity index (χ4v) is 8.81. The summed E-state index contributed by atoms with van der Waals surface area (Å²) in [6, 6.07) is 0. The minimum absolute atomic E-state index is 0.0492. The van der Waals surface area contributed by atoms with Crippen molar-refractivity contribution in [1.29, 1.82) is 0 Å². The molecule has 190 valence electrons. The second-order valence-electron chi connectivity index (χ2n) is 12.3. The smallest absolute Gasteiger partial charge is 0.333 e. The first-order valence-electron chi connectivity index (χ1n) is 13.5. The first kappa shape index (κ1) is 24.5. The highest BCUT2D eigenvalue weighted by Gasteiger charge is 2.62. The Morgan fingerprint density at radius 1 is 1.17 bits per heavy atom. The quantitative estimate of drug-likeness (QED) is 0.480. The van der Waals surface area contributed by atoms with Crippen molar-refractivity contribution in [3.05, 3.63) is 34.9 Å². The van der Waals surface area contributed by atoms with Gasteiger partial charge in [0.05, 0.1) is 6.61 Å². The molecular formula is C30H40O5. The van der Waals surface area contributed by atoms with Gasteiger partial charge in [-0.05, 0) is 94.1 Å². The molecule has 1 heterocycles. The molecule has 1 aliphatic heterocycles. The molecule has 0 bridgehead atoms. The third kappa shape index (κ3) is 3.84. The number of hydrogen-bond donors (Lipinski definition) is 0. The van der Waals surface area contributed by atoms with Crippen LogP contribution in [0.5, 0.6) is 0 Å². The lowest BCUT2D eigenvalue weighted by Gasteiger charge is -2.58. The van der Waals surface area contributed by atoms with E-state index >= 15 is 0 Å².